The molecule has 0 amide bonds. The van der Waals surface area contributed by atoms with Crippen molar-refractivity contribution in [2.24, 2.45) is 4.99 Å². The number of hydrogen-bond acceptors (Lipinski definition) is 1. The molecule has 0 fully saturated rings. The molecule has 0 spiro atoms. The van der Waals surface area contributed by atoms with E-state index in [0.29, 0.717) is 0 Å². The molecule has 0 aliphatic rings. The second-order valence-corrected chi connectivity index (χ2v) is 2.16. The van der Waals surface area contributed by atoms with Crippen molar-refractivity contribution in [2.75, 3.05) is 0 Å². The molecule has 0 heterocycles. The highest BCUT2D eigenvalue weighted by atomic mass is 14.7. The van der Waals surface area contributed by atoms with Crippen molar-refractivity contribution < 1.29 is 0 Å². The molecule has 106 valence electrons. The second kappa shape index (κ2) is 59.3. The zero-order valence-electron chi connectivity index (χ0n) is 13.9. The molecule has 0 aromatic heterocycles. The van der Waals surface area contributed by atoms with E-state index in [4.69, 9.17) is 0 Å². The minimum Gasteiger partial charge on any atom is -0.262 e. The third-order valence-electron chi connectivity index (χ3n) is 1.09. The second-order valence-electron chi connectivity index (χ2n) is 2.16. The van der Waals surface area contributed by atoms with E-state index >= 15 is 0 Å². The topological polar surface area (TPSA) is 12.4 Å². The highest BCUT2D eigenvalue weighted by molar-refractivity contribution is 5.92. The third kappa shape index (κ3) is 98.8. The van der Waals surface area contributed by atoms with E-state index in [1.807, 2.05) is 48.5 Å². The van der Waals surface area contributed by atoms with Gasteiger partial charge in [-0.15, -0.1) is 0 Å². The normalized spacial score (nSPS) is 7.24. The molecule has 17 heavy (non-hydrogen) atoms. The maximum Gasteiger partial charge on any atom is 0.0366 e. The molecular formula is C16H37N. The van der Waals surface area contributed by atoms with Gasteiger partial charge in [-0.2, -0.15) is 0 Å². The summed E-state index contributed by atoms with van der Waals surface area (Å²) in [7, 11) is 0. The number of unbranched alkanes of at least 4 members (excludes halogenated alkanes) is 1. The van der Waals surface area contributed by atoms with E-state index in [-0.39, 0.29) is 0 Å². The molecule has 1 nitrogen and oxygen atoms in total. The van der Waals surface area contributed by atoms with Crippen LogP contribution in [0.1, 0.15) is 75.2 Å². The Hall–Kier alpha value is -0.850. The standard InChI is InChI=1S/C6H9N.C4H10.3C2H6/c1-4-6(3)7-5-2;1-3-4-2;3*1-2/h4-5H,1-2H2,3H3;3-4H2,1-2H3;3*1-2H3. The van der Waals surface area contributed by atoms with Gasteiger partial charge < -0.3 is 0 Å². The first-order chi connectivity index (χ1) is 8.22. The van der Waals surface area contributed by atoms with Crippen molar-refractivity contribution in [3.05, 3.63) is 25.4 Å². The van der Waals surface area contributed by atoms with Gasteiger partial charge in [-0.1, -0.05) is 81.4 Å². The van der Waals surface area contributed by atoms with E-state index in [0.717, 1.165) is 5.71 Å². The van der Waals surface area contributed by atoms with Gasteiger partial charge in [0.25, 0.3) is 0 Å². The van der Waals surface area contributed by atoms with Gasteiger partial charge in [0.2, 0.25) is 0 Å². The summed E-state index contributed by atoms with van der Waals surface area (Å²) in [5.41, 5.74) is 0.898. The molecule has 0 atom stereocenters. The fourth-order valence-electron chi connectivity index (χ4n) is 0.197. The Kier molecular flexibility index (Phi) is 104. The van der Waals surface area contributed by atoms with Crippen molar-refractivity contribution in [1.29, 1.82) is 0 Å². The zero-order valence-corrected chi connectivity index (χ0v) is 13.9. The van der Waals surface area contributed by atoms with Crippen LogP contribution < -0.4 is 0 Å². The highest BCUT2D eigenvalue weighted by Crippen LogP contribution is 1.77. The predicted molar refractivity (Wildman–Crippen MR) is 88.1 cm³/mol. The Balaban J connectivity index is -0.0000000412. The fourth-order valence-corrected chi connectivity index (χ4v) is 0.197. The van der Waals surface area contributed by atoms with E-state index in [9.17, 15) is 0 Å². The number of nitrogens with zero attached hydrogens (tertiary/aromatic N) is 1. The lowest BCUT2D eigenvalue weighted by Crippen LogP contribution is -1.77. The molecule has 0 bridgehead atoms. The molecule has 0 aromatic carbocycles. The lowest BCUT2D eigenvalue weighted by molar-refractivity contribution is 0.886. The van der Waals surface area contributed by atoms with Crippen LogP contribution in [0.3, 0.4) is 0 Å². The number of aliphatic imine (C=N–C) groups is 1. The molecule has 1 heteroatoms. The van der Waals surface area contributed by atoms with Crippen LogP contribution >= 0.6 is 0 Å². The van der Waals surface area contributed by atoms with Crippen molar-refractivity contribution >= 4 is 5.71 Å². The minimum atomic E-state index is 0.898. The monoisotopic (exact) mass is 243 g/mol. The molecule has 0 saturated heterocycles. The molecule has 0 aromatic rings. The van der Waals surface area contributed by atoms with E-state index in [1.165, 1.54) is 19.0 Å². The number of hydrogen-bond donors (Lipinski definition) is 0. The molecule has 0 aliphatic carbocycles. The smallest absolute Gasteiger partial charge is 0.0366 e. The lowest BCUT2D eigenvalue weighted by atomic mass is 10.4. The first-order valence-electron chi connectivity index (χ1n) is 7.00. The molecule has 0 rings (SSSR count). The highest BCUT2D eigenvalue weighted by Gasteiger charge is 1.70. The summed E-state index contributed by atoms with van der Waals surface area (Å²) < 4.78 is 0. The van der Waals surface area contributed by atoms with Crippen molar-refractivity contribution in [3.8, 4) is 0 Å². The Bertz CT molecular complexity index is 121. The molecule has 0 saturated carbocycles. The summed E-state index contributed by atoms with van der Waals surface area (Å²) in [5.74, 6) is 0. The van der Waals surface area contributed by atoms with Crippen LogP contribution in [0.5, 0.6) is 0 Å². The summed E-state index contributed by atoms with van der Waals surface area (Å²) in [6.45, 7) is 25.1. The van der Waals surface area contributed by atoms with Crippen LogP contribution in [-0.2, 0) is 0 Å². The molecule has 0 radical (unpaired) electrons. The maximum absolute atomic E-state index is 3.81. The largest absolute Gasteiger partial charge is 0.262 e. The average molecular weight is 243 g/mol. The van der Waals surface area contributed by atoms with Crippen LogP contribution in [0, 0.1) is 0 Å². The average Bonchev–Trinajstić information content (AvgIpc) is 2.46. The molecular weight excluding hydrogens is 206 g/mol. The van der Waals surface area contributed by atoms with Gasteiger partial charge >= 0.3 is 0 Å². The Labute approximate surface area is 112 Å². The summed E-state index contributed by atoms with van der Waals surface area (Å²) in [4.78, 5) is 3.81. The summed E-state index contributed by atoms with van der Waals surface area (Å²) >= 11 is 0. The first-order valence-corrected chi connectivity index (χ1v) is 7.00. The fraction of sp³-hybridized carbons (Fsp3) is 0.688. The quantitative estimate of drug-likeness (QED) is 0.491. The van der Waals surface area contributed by atoms with Gasteiger partial charge in [-0.25, -0.2) is 0 Å². The van der Waals surface area contributed by atoms with Crippen molar-refractivity contribution in [3.63, 3.8) is 0 Å². The van der Waals surface area contributed by atoms with Gasteiger partial charge in [0, 0.05) is 11.9 Å². The first kappa shape index (κ1) is 29.8. The molecule has 0 unspecified atom stereocenters. The lowest BCUT2D eigenvalue weighted by Gasteiger charge is -1.79. The van der Waals surface area contributed by atoms with E-state index < -0.39 is 0 Å². The number of allylic oxidation sites excluding steroid dienone is 1. The maximum atomic E-state index is 3.81. The van der Waals surface area contributed by atoms with Crippen molar-refractivity contribution in [2.45, 2.75) is 75.2 Å². The SMILES string of the molecule is C=CN=C(C)C=C.CC.CC.CC.CCCC. The summed E-state index contributed by atoms with van der Waals surface area (Å²) in [6, 6.07) is 0. The zero-order chi connectivity index (χ0) is 15.1. The van der Waals surface area contributed by atoms with Crippen LogP contribution in [0.25, 0.3) is 0 Å². The Morgan fingerprint density at radius 2 is 1.18 bits per heavy atom. The van der Waals surface area contributed by atoms with Gasteiger partial charge in [0.1, 0.15) is 0 Å². The summed E-state index contributed by atoms with van der Waals surface area (Å²) in [6.07, 6.45) is 5.82. The summed E-state index contributed by atoms with van der Waals surface area (Å²) in [5, 5.41) is 0. The third-order valence-corrected chi connectivity index (χ3v) is 1.09. The van der Waals surface area contributed by atoms with E-state index in [1.54, 1.807) is 6.08 Å². The van der Waals surface area contributed by atoms with Crippen LogP contribution in [0.4, 0.5) is 0 Å². The van der Waals surface area contributed by atoms with Gasteiger partial charge in [-0.05, 0) is 13.0 Å². The van der Waals surface area contributed by atoms with Crippen LogP contribution in [0.2, 0.25) is 0 Å². The van der Waals surface area contributed by atoms with Crippen LogP contribution in [0.15, 0.2) is 30.4 Å². The Morgan fingerprint density at radius 3 is 1.24 bits per heavy atom. The molecule has 0 N–H and O–H groups in total. The Morgan fingerprint density at radius 1 is 0.882 bits per heavy atom. The molecule has 0 aliphatic heterocycles. The predicted octanol–water partition coefficient (Wildman–Crippen LogP) is 6.66. The van der Waals surface area contributed by atoms with Crippen molar-refractivity contribution in [1.82, 2.24) is 0 Å². The minimum absolute atomic E-state index is 0.898. The van der Waals surface area contributed by atoms with E-state index in [2.05, 4.69) is 32.0 Å². The van der Waals surface area contributed by atoms with Crippen LogP contribution in [-0.4, -0.2) is 5.71 Å². The van der Waals surface area contributed by atoms with Gasteiger partial charge in [0.15, 0.2) is 0 Å². The number of rotatable bonds is 3. The van der Waals surface area contributed by atoms with Gasteiger partial charge in [-0.3, -0.25) is 4.99 Å². The van der Waals surface area contributed by atoms with Gasteiger partial charge in [0.05, 0.1) is 0 Å².